The van der Waals surface area contributed by atoms with Gasteiger partial charge in [-0.2, -0.15) is 0 Å². The Labute approximate surface area is 88.1 Å². The maximum atomic E-state index is 11.6. The molecule has 80 valence electrons. The zero-order valence-corrected chi connectivity index (χ0v) is 8.51. The number of carbonyl (C=O) groups excluding carboxylic acids is 1. The number of ether oxygens (including phenoxy) is 1. The molecular weight excluding hydrogens is 194 g/mol. The van der Waals surface area contributed by atoms with Crippen molar-refractivity contribution >= 4 is 11.6 Å². The first-order valence-corrected chi connectivity index (χ1v) is 4.86. The monoisotopic (exact) mass is 207 g/mol. The third-order valence-corrected chi connectivity index (χ3v) is 2.56. The average Bonchev–Trinajstić information content (AvgIpc) is 2.61. The molecule has 1 heterocycles. The molecule has 1 aromatic rings. The smallest absolute Gasteiger partial charge is 0.229 e. The maximum Gasteiger partial charge on any atom is 0.229 e. The second kappa shape index (κ2) is 3.90. The largest absolute Gasteiger partial charge is 0.508 e. The fourth-order valence-corrected chi connectivity index (χ4v) is 1.80. The SMILES string of the molecule is COC1CCC(=O)N1c1ccc(O)cc1. The Balaban J connectivity index is 2.28. The molecule has 4 nitrogen and oxygen atoms in total. The molecule has 0 radical (unpaired) electrons. The molecule has 1 atom stereocenters. The molecule has 1 aliphatic rings. The van der Waals surface area contributed by atoms with Crippen molar-refractivity contribution in [2.24, 2.45) is 0 Å². The van der Waals surface area contributed by atoms with Crippen LogP contribution >= 0.6 is 0 Å². The molecule has 1 amide bonds. The summed E-state index contributed by atoms with van der Waals surface area (Å²) in [6, 6.07) is 6.55. The van der Waals surface area contributed by atoms with E-state index in [0.717, 1.165) is 12.1 Å². The fourth-order valence-electron chi connectivity index (χ4n) is 1.80. The second-order valence-electron chi connectivity index (χ2n) is 3.51. The Morgan fingerprint density at radius 3 is 2.67 bits per heavy atom. The highest BCUT2D eigenvalue weighted by Crippen LogP contribution is 2.27. The molecule has 1 saturated heterocycles. The van der Waals surface area contributed by atoms with Crippen LogP contribution in [0.3, 0.4) is 0 Å². The van der Waals surface area contributed by atoms with Crippen molar-refractivity contribution in [3.05, 3.63) is 24.3 Å². The summed E-state index contributed by atoms with van der Waals surface area (Å²) in [6.07, 6.45) is 1.05. The zero-order valence-electron chi connectivity index (χ0n) is 8.51. The normalized spacial score (nSPS) is 21.0. The Morgan fingerprint density at radius 2 is 2.07 bits per heavy atom. The Bertz CT molecular complexity index is 361. The highest BCUT2D eigenvalue weighted by molar-refractivity contribution is 5.95. The van der Waals surface area contributed by atoms with Gasteiger partial charge in [0.2, 0.25) is 5.91 Å². The summed E-state index contributed by atoms with van der Waals surface area (Å²) < 4.78 is 5.22. The van der Waals surface area contributed by atoms with E-state index in [1.54, 1.807) is 36.3 Å². The minimum absolute atomic E-state index is 0.0625. The molecule has 4 heteroatoms. The number of hydrogen-bond acceptors (Lipinski definition) is 3. The molecule has 15 heavy (non-hydrogen) atoms. The molecule has 1 aromatic carbocycles. The van der Waals surface area contributed by atoms with Gasteiger partial charge in [-0.1, -0.05) is 0 Å². The second-order valence-corrected chi connectivity index (χ2v) is 3.51. The predicted octanol–water partition coefficient (Wildman–Crippen LogP) is 1.49. The van der Waals surface area contributed by atoms with Crippen molar-refractivity contribution in [3.8, 4) is 5.75 Å². The number of nitrogens with zero attached hydrogens (tertiary/aromatic N) is 1. The van der Waals surface area contributed by atoms with Crippen molar-refractivity contribution in [2.45, 2.75) is 19.1 Å². The molecule has 0 aromatic heterocycles. The van der Waals surface area contributed by atoms with Gasteiger partial charge in [0.25, 0.3) is 0 Å². The van der Waals surface area contributed by atoms with E-state index in [9.17, 15) is 4.79 Å². The number of methoxy groups -OCH3 is 1. The molecule has 0 aliphatic carbocycles. The quantitative estimate of drug-likeness (QED) is 0.799. The van der Waals surface area contributed by atoms with Gasteiger partial charge >= 0.3 is 0 Å². The van der Waals surface area contributed by atoms with Gasteiger partial charge in [-0.05, 0) is 24.3 Å². The lowest BCUT2D eigenvalue weighted by Crippen LogP contribution is -2.33. The van der Waals surface area contributed by atoms with Crippen LogP contribution in [0, 0.1) is 0 Å². The number of aromatic hydroxyl groups is 1. The van der Waals surface area contributed by atoms with Crippen LogP contribution < -0.4 is 4.90 Å². The summed E-state index contributed by atoms with van der Waals surface area (Å²) >= 11 is 0. The molecule has 2 rings (SSSR count). The maximum absolute atomic E-state index is 11.6. The molecular formula is C11H13NO3. The first kappa shape index (κ1) is 9.98. The van der Waals surface area contributed by atoms with Crippen LogP contribution in [0.25, 0.3) is 0 Å². The standard InChI is InChI=1S/C11H13NO3/c1-15-11-7-6-10(14)12(11)8-2-4-9(13)5-3-8/h2-5,11,13H,6-7H2,1H3. The number of benzene rings is 1. The molecule has 0 saturated carbocycles. The van der Waals surface area contributed by atoms with E-state index in [2.05, 4.69) is 0 Å². The van der Waals surface area contributed by atoms with Crippen molar-refractivity contribution in [1.29, 1.82) is 0 Å². The van der Waals surface area contributed by atoms with Crippen LogP contribution in [0.15, 0.2) is 24.3 Å². The molecule has 1 aliphatic heterocycles. The minimum Gasteiger partial charge on any atom is -0.508 e. The van der Waals surface area contributed by atoms with Gasteiger partial charge in [0, 0.05) is 25.6 Å². The number of rotatable bonds is 2. The highest BCUT2D eigenvalue weighted by Gasteiger charge is 2.31. The number of phenolic OH excluding ortho intramolecular Hbond substituents is 1. The lowest BCUT2D eigenvalue weighted by Gasteiger charge is -2.23. The molecule has 1 N–H and O–H groups in total. The number of phenols is 1. The summed E-state index contributed by atoms with van der Waals surface area (Å²) in [7, 11) is 1.59. The van der Waals surface area contributed by atoms with Crippen molar-refractivity contribution in [3.63, 3.8) is 0 Å². The van der Waals surface area contributed by atoms with Crippen LogP contribution in [0.5, 0.6) is 5.75 Å². The number of carbonyl (C=O) groups is 1. The Hall–Kier alpha value is -1.55. The van der Waals surface area contributed by atoms with E-state index < -0.39 is 0 Å². The molecule has 1 unspecified atom stereocenters. The number of hydrogen-bond donors (Lipinski definition) is 1. The topological polar surface area (TPSA) is 49.8 Å². The van der Waals surface area contributed by atoms with E-state index in [-0.39, 0.29) is 17.9 Å². The third kappa shape index (κ3) is 1.80. The van der Waals surface area contributed by atoms with E-state index in [4.69, 9.17) is 9.84 Å². The average molecular weight is 207 g/mol. The van der Waals surface area contributed by atoms with Gasteiger partial charge in [0.05, 0.1) is 0 Å². The Morgan fingerprint density at radius 1 is 1.40 bits per heavy atom. The van der Waals surface area contributed by atoms with Crippen molar-refractivity contribution in [2.75, 3.05) is 12.0 Å². The number of amides is 1. The van der Waals surface area contributed by atoms with Crippen LogP contribution in [0.1, 0.15) is 12.8 Å². The van der Waals surface area contributed by atoms with Gasteiger partial charge in [0.15, 0.2) is 0 Å². The zero-order chi connectivity index (χ0) is 10.8. The number of anilines is 1. The van der Waals surface area contributed by atoms with Crippen LogP contribution in [-0.4, -0.2) is 24.4 Å². The van der Waals surface area contributed by atoms with E-state index >= 15 is 0 Å². The summed E-state index contributed by atoms with van der Waals surface area (Å²) in [5.74, 6) is 0.256. The summed E-state index contributed by atoms with van der Waals surface area (Å²) in [4.78, 5) is 13.2. The minimum atomic E-state index is -0.179. The van der Waals surface area contributed by atoms with Gasteiger partial charge in [-0.25, -0.2) is 0 Å². The third-order valence-electron chi connectivity index (χ3n) is 2.56. The lowest BCUT2D eigenvalue weighted by molar-refractivity contribution is -0.117. The van der Waals surface area contributed by atoms with Crippen LogP contribution in [-0.2, 0) is 9.53 Å². The molecule has 0 bridgehead atoms. The molecule has 0 spiro atoms. The van der Waals surface area contributed by atoms with Crippen LogP contribution in [0.4, 0.5) is 5.69 Å². The van der Waals surface area contributed by atoms with Crippen LogP contribution in [0.2, 0.25) is 0 Å². The van der Waals surface area contributed by atoms with E-state index in [1.807, 2.05) is 0 Å². The predicted molar refractivity (Wildman–Crippen MR) is 55.6 cm³/mol. The fraction of sp³-hybridized carbons (Fsp3) is 0.364. The lowest BCUT2D eigenvalue weighted by atomic mass is 10.3. The highest BCUT2D eigenvalue weighted by atomic mass is 16.5. The first-order valence-electron chi connectivity index (χ1n) is 4.86. The summed E-state index contributed by atoms with van der Waals surface area (Å²) in [6.45, 7) is 0. The first-order chi connectivity index (χ1) is 7.22. The molecule has 1 fully saturated rings. The van der Waals surface area contributed by atoms with Crippen molar-refractivity contribution < 1.29 is 14.6 Å². The van der Waals surface area contributed by atoms with E-state index in [1.165, 1.54) is 0 Å². The Kier molecular flexibility index (Phi) is 2.60. The van der Waals surface area contributed by atoms with Crippen molar-refractivity contribution in [1.82, 2.24) is 0 Å². The van der Waals surface area contributed by atoms with E-state index in [0.29, 0.717) is 6.42 Å². The van der Waals surface area contributed by atoms with Gasteiger partial charge in [-0.15, -0.1) is 0 Å². The summed E-state index contributed by atoms with van der Waals surface area (Å²) in [5, 5.41) is 9.15. The van der Waals surface area contributed by atoms with Gasteiger partial charge in [-0.3, -0.25) is 9.69 Å². The summed E-state index contributed by atoms with van der Waals surface area (Å²) in [5.41, 5.74) is 0.766. The van der Waals surface area contributed by atoms with Gasteiger partial charge < -0.3 is 9.84 Å². The van der Waals surface area contributed by atoms with Gasteiger partial charge in [0.1, 0.15) is 12.0 Å².